The van der Waals surface area contributed by atoms with Crippen molar-refractivity contribution in [2.24, 2.45) is 10.8 Å². The fourth-order valence-corrected chi connectivity index (χ4v) is 3.78. The predicted molar refractivity (Wildman–Crippen MR) is 104 cm³/mol. The van der Waals surface area contributed by atoms with Gasteiger partial charge in [-0.05, 0) is 24.6 Å². The molecule has 0 saturated carbocycles. The molecule has 3 aromatic rings. The normalized spacial score (nSPS) is 11.8. The van der Waals surface area contributed by atoms with Gasteiger partial charge in [0.15, 0.2) is 0 Å². The van der Waals surface area contributed by atoms with Crippen LogP contribution in [0.1, 0.15) is 21.5 Å². The number of pyridine rings is 1. The van der Waals surface area contributed by atoms with Crippen LogP contribution >= 0.6 is 0 Å². The van der Waals surface area contributed by atoms with E-state index in [1.54, 1.807) is 6.20 Å². The van der Waals surface area contributed by atoms with Crippen molar-refractivity contribution >= 4 is 33.3 Å². The van der Waals surface area contributed by atoms with Crippen LogP contribution in [0.2, 0.25) is 0 Å². The van der Waals surface area contributed by atoms with Crippen molar-refractivity contribution in [1.82, 2.24) is 14.0 Å². The Bertz CT molecular complexity index is 1260. The molecule has 11 nitrogen and oxygen atoms in total. The molecule has 0 bridgehead atoms. The Morgan fingerprint density at radius 2 is 2.07 bits per heavy atom. The minimum Gasteiger partial charge on any atom is -0.366 e. The highest BCUT2D eigenvalue weighted by atomic mass is 32.2. The van der Waals surface area contributed by atoms with Crippen LogP contribution in [0.4, 0.5) is 5.69 Å². The molecule has 0 spiro atoms. The molecular formula is C17H16N6O5S. The minimum absolute atomic E-state index is 0.220. The van der Waals surface area contributed by atoms with E-state index in [0.717, 1.165) is 6.07 Å². The van der Waals surface area contributed by atoms with Gasteiger partial charge in [0.25, 0.3) is 15.7 Å². The summed E-state index contributed by atoms with van der Waals surface area (Å²) in [6, 6.07) is 6.60. The van der Waals surface area contributed by atoms with Crippen LogP contribution < -0.4 is 5.73 Å². The first-order valence-electron chi connectivity index (χ1n) is 8.16. The molecule has 0 atom stereocenters. The lowest BCUT2D eigenvalue weighted by molar-refractivity contribution is -0.385. The van der Waals surface area contributed by atoms with Gasteiger partial charge in [-0.1, -0.05) is 6.07 Å². The lowest BCUT2D eigenvalue weighted by Gasteiger charge is -2.15. The molecule has 12 heteroatoms. The third-order valence-corrected chi connectivity index (χ3v) is 5.99. The van der Waals surface area contributed by atoms with Crippen LogP contribution in [0.5, 0.6) is 0 Å². The molecule has 0 aliphatic carbocycles. The number of non-ortho nitro benzene ring substituents is 1. The molecule has 150 valence electrons. The minimum atomic E-state index is -4.12. The van der Waals surface area contributed by atoms with Crippen molar-refractivity contribution in [3.63, 3.8) is 0 Å². The summed E-state index contributed by atoms with van der Waals surface area (Å²) in [5.41, 5.74) is 6.50. The zero-order valence-electron chi connectivity index (χ0n) is 15.4. The van der Waals surface area contributed by atoms with Gasteiger partial charge in [0.2, 0.25) is 5.91 Å². The van der Waals surface area contributed by atoms with E-state index < -0.39 is 20.9 Å². The van der Waals surface area contributed by atoms with Gasteiger partial charge in [0, 0.05) is 36.5 Å². The highest BCUT2D eigenvalue weighted by Crippen LogP contribution is 2.24. The zero-order valence-corrected chi connectivity index (χ0v) is 16.2. The molecule has 0 fully saturated rings. The molecule has 0 radical (unpaired) electrons. The van der Waals surface area contributed by atoms with Crippen LogP contribution in [-0.4, -0.2) is 46.5 Å². The zero-order chi connectivity index (χ0) is 21.3. The number of nitrogens with zero attached hydrogens (tertiary/aromatic N) is 5. The molecule has 29 heavy (non-hydrogen) atoms. The van der Waals surface area contributed by atoms with E-state index in [9.17, 15) is 23.3 Å². The maximum Gasteiger partial charge on any atom is 0.279 e. The van der Waals surface area contributed by atoms with E-state index in [0.29, 0.717) is 21.1 Å². The van der Waals surface area contributed by atoms with Crippen LogP contribution in [0.15, 0.2) is 52.7 Å². The fraction of sp³-hybridized carbons (Fsp3) is 0.118. The number of benzene rings is 1. The van der Waals surface area contributed by atoms with Gasteiger partial charge < -0.3 is 5.73 Å². The van der Waals surface area contributed by atoms with E-state index in [-0.39, 0.29) is 16.1 Å². The smallest absolute Gasteiger partial charge is 0.279 e. The number of hydrazone groups is 1. The second-order valence-corrected chi connectivity index (χ2v) is 8.02. The third-order valence-electron chi connectivity index (χ3n) is 4.20. The molecular weight excluding hydrogens is 400 g/mol. The number of nitro groups is 1. The first-order chi connectivity index (χ1) is 13.6. The molecule has 0 aliphatic rings. The monoisotopic (exact) mass is 416 g/mol. The van der Waals surface area contributed by atoms with Crippen LogP contribution in [0.25, 0.3) is 5.52 Å². The topological polar surface area (TPSA) is 153 Å². The number of aromatic nitrogens is 2. The number of amides is 1. The number of primary amides is 1. The summed E-state index contributed by atoms with van der Waals surface area (Å²) in [5.74, 6) is -0.613. The molecule has 0 aliphatic heterocycles. The Morgan fingerprint density at radius 3 is 2.72 bits per heavy atom. The van der Waals surface area contributed by atoms with Crippen molar-refractivity contribution in [2.75, 3.05) is 7.05 Å². The van der Waals surface area contributed by atoms with Crippen molar-refractivity contribution < 1.29 is 18.1 Å². The number of nitro benzene ring substituents is 1. The summed E-state index contributed by atoms with van der Waals surface area (Å²) in [4.78, 5) is 21.4. The Labute approximate surface area is 165 Å². The molecule has 2 N–H and O–H groups in total. The summed E-state index contributed by atoms with van der Waals surface area (Å²) in [5, 5.41) is 19.0. The number of aryl methyl sites for hydroxylation is 1. The van der Waals surface area contributed by atoms with Gasteiger partial charge in [0.05, 0.1) is 27.7 Å². The summed E-state index contributed by atoms with van der Waals surface area (Å²) in [7, 11) is -2.91. The second-order valence-electron chi connectivity index (χ2n) is 6.10. The quantitative estimate of drug-likeness (QED) is 0.363. The summed E-state index contributed by atoms with van der Waals surface area (Å²) in [6.07, 6.45) is 4.25. The van der Waals surface area contributed by atoms with Crippen molar-refractivity contribution in [2.45, 2.75) is 11.8 Å². The van der Waals surface area contributed by atoms with Gasteiger partial charge in [-0.15, -0.1) is 0 Å². The fourth-order valence-electron chi connectivity index (χ4n) is 2.58. The number of fused-ring (bicyclic) bond motifs is 1. The van der Waals surface area contributed by atoms with E-state index in [4.69, 9.17) is 5.73 Å². The lowest BCUT2D eigenvalue weighted by Crippen LogP contribution is -2.22. The van der Waals surface area contributed by atoms with Gasteiger partial charge in [-0.2, -0.15) is 23.0 Å². The highest BCUT2D eigenvalue weighted by Gasteiger charge is 2.24. The molecule has 0 unspecified atom stereocenters. The van der Waals surface area contributed by atoms with Crippen molar-refractivity contribution in [1.29, 1.82) is 0 Å². The molecule has 1 amide bonds. The maximum atomic E-state index is 12.8. The molecule has 1 aromatic carbocycles. The first kappa shape index (κ1) is 19.9. The summed E-state index contributed by atoms with van der Waals surface area (Å²) >= 11 is 0. The molecule has 0 saturated heterocycles. The van der Waals surface area contributed by atoms with E-state index in [1.165, 1.54) is 55.2 Å². The Morgan fingerprint density at radius 1 is 1.34 bits per heavy atom. The maximum absolute atomic E-state index is 12.8. The SMILES string of the molecule is Cc1ccc([N+](=O)[O-])cc1S(=O)(=O)N(C)/N=C/c1cnn2ccc(C(N)=O)cc12. The lowest BCUT2D eigenvalue weighted by atomic mass is 10.2. The average Bonchev–Trinajstić information content (AvgIpc) is 3.08. The van der Waals surface area contributed by atoms with Gasteiger partial charge in [-0.3, -0.25) is 14.9 Å². The van der Waals surface area contributed by atoms with Crippen molar-refractivity contribution in [3.8, 4) is 0 Å². The summed E-state index contributed by atoms with van der Waals surface area (Å²) in [6.45, 7) is 1.53. The first-order valence-corrected chi connectivity index (χ1v) is 9.60. The Hall–Kier alpha value is -3.80. The number of carbonyl (C=O) groups is 1. The highest BCUT2D eigenvalue weighted by molar-refractivity contribution is 7.89. The second kappa shape index (κ2) is 7.31. The average molecular weight is 416 g/mol. The Kier molecular flexibility index (Phi) is 5.03. The number of nitrogens with two attached hydrogens (primary N) is 1. The van der Waals surface area contributed by atoms with E-state index in [1.807, 2.05) is 0 Å². The van der Waals surface area contributed by atoms with Crippen LogP contribution in [0, 0.1) is 17.0 Å². The van der Waals surface area contributed by atoms with Gasteiger partial charge >= 0.3 is 0 Å². The van der Waals surface area contributed by atoms with Crippen LogP contribution in [0.3, 0.4) is 0 Å². The van der Waals surface area contributed by atoms with Gasteiger partial charge in [-0.25, -0.2) is 4.52 Å². The van der Waals surface area contributed by atoms with Gasteiger partial charge in [0.1, 0.15) is 0 Å². The number of hydrogen-bond acceptors (Lipinski definition) is 7. The number of carbonyl (C=O) groups excluding carboxylic acids is 1. The van der Waals surface area contributed by atoms with Crippen molar-refractivity contribution in [3.05, 3.63) is 69.5 Å². The largest absolute Gasteiger partial charge is 0.366 e. The Balaban J connectivity index is 1.96. The van der Waals surface area contributed by atoms with E-state index in [2.05, 4.69) is 10.2 Å². The molecule has 2 heterocycles. The van der Waals surface area contributed by atoms with Crippen LogP contribution in [-0.2, 0) is 10.0 Å². The standard InChI is InChI=1S/C17H16N6O5S/c1-11-3-4-14(23(25)26)8-16(11)29(27,28)21(2)19-9-13-10-20-22-6-5-12(17(18)24)7-15(13)22/h3-10H,1-2H3,(H2,18,24)/b19-9+. The molecule has 3 rings (SSSR count). The number of rotatable bonds is 6. The summed E-state index contributed by atoms with van der Waals surface area (Å²) < 4.78 is 27.8. The predicted octanol–water partition coefficient (Wildman–Crippen LogP) is 1.30. The number of hydrogen-bond donors (Lipinski definition) is 1. The van der Waals surface area contributed by atoms with E-state index >= 15 is 0 Å². The third kappa shape index (κ3) is 3.78. The molecule has 2 aromatic heterocycles. The number of sulfonamides is 1.